The highest BCUT2D eigenvalue weighted by molar-refractivity contribution is 6.17. The summed E-state index contributed by atoms with van der Waals surface area (Å²) in [6, 6.07) is 4.30. The average Bonchev–Trinajstić information content (AvgIpc) is 2.59. The number of imide groups is 1. The van der Waals surface area contributed by atoms with E-state index in [1.807, 2.05) is 0 Å². The highest BCUT2D eigenvalue weighted by Crippen LogP contribution is 2.27. The molecule has 0 saturated carbocycles. The molecule has 2 rings (SSSR count). The number of rotatable bonds is 2. The highest BCUT2D eigenvalue weighted by Gasteiger charge is 2.47. The molecule has 5 nitrogen and oxygen atoms in total. The van der Waals surface area contributed by atoms with Crippen molar-refractivity contribution in [3.63, 3.8) is 0 Å². The van der Waals surface area contributed by atoms with Crippen molar-refractivity contribution >= 4 is 23.4 Å². The van der Waals surface area contributed by atoms with Gasteiger partial charge in [-0.15, -0.1) is 0 Å². The maximum Gasteiger partial charge on any atom is 0.242 e. The van der Waals surface area contributed by atoms with E-state index in [0.717, 1.165) is 4.90 Å². The second kappa shape index (κ2) is 5.03. The number of carbonyl (C=O) groups excluding carboxylic acids is 3. The number of carbonyl (C=O) groups is 3. The SMILES string of the molecule is Cc1c(F)cccc1NC(=O)C1C(=O)N(C)C(=O)C1C. The van der Waals surface area contributed by atoms with E-state index >= 15 is 0 Å². The van der Waals surface area contributed by atoms with Crippen LogP contribution in [0.2, 0.25) is 0 Å². The summed E-state index contributed by atoms with van der Waals surface area (Å²) in [5.74, 6) is -3.72. The standard InChI is InChI=1S/C14H15FN2O3/c1-7-9(15)5-4-6-10(7)16-12(18)11-8(2)13(19)17(3)14(11)20/h4-6,8,11H,1-3H3,(H,16,18). The van der Waals surface area contributed by atoms with Gasteiger partial charge in [-0.05, 0) is 19.1 Å². The first-order chi connectivity index (χ1) is 9.34. The van der Waals surface area contributed by atoms with Crippen molar-refractivity contribution in [1.29, 1.82) is 0 Å². The smallest absolute Gasteiger partial charge is 0.242 e. The van der Waals surface area contributed by atoms with E-state index in [2.05, 4.69) is 5.32 Å². The number of nitrogens with one attached hydrogen (secondary N) is 1. The fourth-order valence-corrected chi connectivity index (χ4v) is 2.27. The van der Waals surface area contributed by atoms with E-state index in [9.17, 15) is 18.8 Å². The van der Waals surface area contributed by atoms with E-state index in [4.69, 9.17) is 0 Å². The molecule has 106 valence electrons. The Morgan fingerprint density at radius 3 is 2.50 bits per heavy atom. The molecule has 1 fully saturated rings. The molecule has 1 aromatic carbocycles. The highest BCUT2D eigenvalue weighted by atomic mass is 19.1. The Morgan fingerprint density at radius 2 is 1.95 bits per heavy atom. The van der Waals surface area contributed by atoms with Crippen LogP contribution >= 0.6 is 0 Å². The second-order valence-electron chi connectivity index (χ2n) is 4.90. The molecule has 2 atom stereocenters. The molecule has 1 N–H and O–H groups in total. The van der Waals surface area contributed by atoms with Crippen LogP contribution in [-0.4, -0.2) is 29.7 Å². The molecule has 1 aromatic rings. The number of hydrogen-bond donors (Lipinski definition) is 1. The lowest BCUT2D eigenvalue weighted by molar-refractivity contribution is -0.138. The zero-order chi connectivity index (χ0) is 15.0. The summed E-state index contributed by atoms with van der Waals surface area (Å²) in [6.07, 6.45) is 0. The maximum absolute atomic E-state index is 13.4. The molecule has 6 heteroatoms. The lowest BCUT2D eigenvalue weighted by Gasteiger charge is -2.13. The Kier molecular flexibility index (Phi) is 3.57. The summed E-state index contributed by atoms with van der Waals surface area (Å²) < 4.78 is 13.4. The van der Waals surface area contributed by atoms with Gasteiger partial charge in [-0.25, -0.2) is 4.39 Å². The van der Waals surface area contributed by atoms with E-state index in [-0.39, 0.29) is 5.91 Å². The van der Waals surface area contributed by atoms with E-state index in [0.29, 0.717) is 11.3 Å². The second-order valence-corrected chi connectivity index (χ2v) is 4.90. The van der Waals surface area contributed by atoms with Crippen LogP contribution in [0, 0.1) is 24.6 Å². The minimum absolute atomic E-state index is 0.290. The third-order valence-corrected chi connectivity index (χ3v) is 3.62. The minimum atomic E-state index is -1.06. The Morgan fingerprint density at radius 1 is 1.30 bits per heavy atom. The van der Waals surface area contributed by atoms with Crippen molar-refractivity contribution in [3.8, 4) is 0 Å². The lowest BCUT2D eigenvalue weighted by Crippen LogP contribution is -2.32. The Bertz CT molecular complexity index is 600. The molecule has 20 heavy (non-hydrogen) atoms. The normalized spacial score (nSPS) is 22.3. The summed E-state index contributed by atoms with van der Waals surface area (Å²) >= 11 is 0. The molecule has 0 aromatic heterocycles. The first kappa shape index (κ1) is 14.2. The number of hydrogen-bond acceptors (Lipinski definition) is 3. The van der Waals surface area contributed by atoms with Crippen molar-refractivity contribution in [2.24, 2.45) is 11.8 Å². The van der Waals surface area contributed by atoms with Crippen molar-refractivity contribution in [2.45, 2.75) is 13.8 Å². The first-order valence-electron chi connectivity index (χ1n) is 6.22. The molecule has 0 aliphatic carbocycles. The van der Waals surface area contributed by atoms with Gasteiger partial charge in [0.1, 0.15) is 11.7 Å². The average molecular weight is 278 g/mol. The zero-order valence-corrected chi connectivity index (χ0v) is 11.4. The number of likely N-dealkylation sites (tertiary alicyclic amines) is 1. The molecule has 1 saturated heterocycles. The topological polar surface area (TPSA) is 66.5 Å². The molecule has 3 amide bonds. The quantitative estimate of drug-likeness (QED) is 0.655. The Hall–Kier alpha value is -2.24. The van der Waals surface area contributed by atoms with Crippen LogP contribution in [0.3, 0.4) is 0 Å². The summed E-state index contributed by atoms with van der Waals surface area (Å²) in [5, 5.41) is 2.52. The number of anilines is 1. The summed E-state index contributed by atoms with van der Waals surface area (Å²) in [7, 11) is 1.35. The third kappa shape index (κ3) is 2.17. The van der Waals surface area contributed by atoms with Gasteiger partial charge in [0.15, 0.2) is 0 Å². The fraction of sp³-hybridized carbons (Fsp3) is 0.357. The molecule has 1 aliphatic rings. The first-order valence-corrected chi connectivity index (χ1v) is 6.22. The molecular formula is C14H15FN2O3. The lowest BCUT2D eigenvalue weighted by atomic mass is 9.96. The largest absolute Gasteiger partial charge is 0.325 e. The van der Waals surface area contributed by atoms with Crippen LogP contribution in [-0.2, 0) is 14.4 Å². The summed E-state index contributed by atoms with van der Waals surface area (Å²) in [4.78, 5) is 36.7. The summed E-state index contributed by atoms with van der Waals surface area (Å²) in [6.45, 7) is 3.06. The molecule has 2 unspecified atom stereocenters. The monoisotopic (exact) mass is 278 g/mol. The molecule has 1 aliphatic heterocycles. The van der Waals surface area contributed by atoms with Crippen LogP contribution in [0.15, 0.2) is 18.2 Å². The fourth-order valence-electron chi connectivity index (χ4n) is 2.27. The van der Waals surface area contributed by atoms with Crippen molar-refractivity contribution in [3.05, 3.63) is 29.6 Å². The molecule has 0 spiro atoms. The maximum atomic E-state index is 13.4. The van der Waals surface area contributed by atoms with Crippen LogP contribution in [0.1, 0.15) is 12.5 Å². The number of halogens is 1. The van der Waals surface area contributed by atoms with Crippen LogP contribution < -0.4 is 5.32 Å². The summed E-state index contributed by atoms with van der Waals surface area (Å²) in [5.41, 5.74) is 0.593. The van der Waals surface area contributed by atoms with Gasteiger partial charge in [-0.3, -0.25) is 19.3 Å². The van der Waals surface area contributed by atoms with Gasteiger partial charge < -0.3 is 5.32 Å². The third-order valence-electron chi connectivity index (χ3n) is 3.62. The van der Waals surface area contributed by atoms with Gasteiger partial charge in [0.05, 0.1) is 5.92 Å². The van der Waals surface area contributed by atoms with Gasteiger partial charge in [-0.2, -0.15) is 0 Å². The van der Waals surface area contributed by atoms with Gasteiger partial charge in [-0.1, -0.05) is 13.0 Å². The minimum Gasteiger partial charge on any atom is -0.325 e. The zero-order valence-electron chi connectivity index (χ0n) is 11.4. The van der Waals surface area contributed by atoms with E-state index in [1.165, 1.54) is 33.0 Å². The van der Waals surface area contributed by atoms with Gasteiger partial charge >= 0.3 is 0 Å². The molecule has 0 bridgehead atoms. The van der Waals surface area contributed by atoms with E-state index in [1.54, 1.807) is 6.07 Å². The van der Waals surface area contributed by atoms with E-state index < -0.39 is 29.5 Å². The van der Waals surface area contributed by atoms with Gasteiger partial charge in [0.25, 0.3) is 0 Å². The molecular weight excluding hydrogens is 263 g/mol. The van der Waals surface area contributed by atoms with Crippen LogP contribution in [0.4, 0.5) is 10.1 Å². The van der Waals surface area contributed by atoms with Gasteiger partial charge in [0.2, 0.25) is 17.7 Å². The Labute approximate surface area is 115 Å². The van der Waals surface area contributed by atoms with Crippen molar-refractivity contribution in [1.82, 2.24) is 4.90 Å². The van der Waals surface area contributed by atoms with Crippen LogP contribution in [0.5, 0.6) is 0 Å². The van der Waals surface area contributed by atoms with Gasteiger partial charge in [0, 0.05) is 18.3 Å². The Balaban J connectivity index is 2.23. The van der Waals surface area contributed by atoms with Crippen molar-refractivity contribution in [2.75, 3.05) is 12.4 Å². The number of nitrogens with zero attached hydrogens (tertiary/aromatic N) is 1. The number of amides is 3. The van der Waals surface area contributed by atoms with Crippen molar-refractivity contribution < 1.29 is 18.8 Å². The predicted octanol–water partition coefficient (Wildman–Crippen LogP) is 1.32. The van der Waals surface area contributed by atoms with Crippen LogP contribution in [0.25, 0.3) is 0 Å². The predicted molar refractivity (Wildman–Crippen MR) is 70.2 cm³/mol. The molecule has 0 radical (unpaired) electrons. The number of benzene rings is 1. The molecule has 1 heterocycles.